The van der Waals surface area contributed by atoms with E-state index >= 15 is 0 Å². The van der Waals surface area contributed by atoms with Crippen molar-refractivity contribution < 1.29 is 48.0 Å². The first kappa shape index (κ1) is 49.3. The number of carbonyl (C=O) groups excluding carboxylic acids is 5. The van der Waals surface area contributed by atoms with Gasteiger partial charge in [0, 0.05) is 30.9 Å². The molecule has 0 aliphatic rings. The predicted molar refractivity (Wildman–Crippen MR) is 226 cm³/mol. The Balaban J connectivity index is 1.81. The van der Waals surface area contributed by atoms with Crippen LogP contribution in [0.2, 0.25) is 0 Å². The monoisotopic (exact) mass is 854 g/mol. The van der Waals surface area contributed by atoms with Crippen LogP contribution < -0.4 is 21.3 Å². The van der Waals surface area contributed by atoms with Gasteiger partial charge in [0.25, 0.3) is 0 Å². The molecule has 0 radical (unpaired) electrons. The van der Waals surface area contributed by atoms with E-state index in [-0.39, 0.29) is 50.0 Å². The Bertz CT molecular complexity index is 1840. The molecule has 3 rings (SSSR count). The van der Waals surface area contributed by atoms with Crippen molar-refractivity contribution in [2.24, 2.45) is 23.7 Å². The molecule has 2 aromatic carbocycles. The summed E-state index contributed by atoms with van der Waals surface area (Å²) in [5.41, 5.74) is 2.01. The number of hydrogen-bond acceptors (Lipinski definition) is 10. The van der Waals surface area contributed by atoms with Crippen LogP contribution in [0.3, 0.4) is 0 Å². The van der Waals surface area contributed by atoms with Crippen molar-refractivity contribution in [1.82, 2.24) is 31.2 Å². The summed E-state index contributed by atoms with van der Waals surface area (Å²) in [4.78, 5) is 85.2. The van der Waals surface area contributed by atoms with Gasteiger partial charge in [-0.2, -0.15) is 0 Å². The van der Waals surface area contributed by atoms with E-state index in [0.29, 0.717) is 5.69 Å². The number of benzene rings is 2. The van der Waals surface area contributed by atoms with Crippen LogP contribution in [0.1, 0.15) is 77.6 Å². The molecule has 0 aliphatic heterocycles. The van der Waals surface area contributed by atoms with Gasteiger partial charge in [-0.15, -0.1) is 0 Å². The van der Waals surface area contributed by atoms with Crippen LogP contribution >= 0.6 is 7.37 Å². The van der Waals surface area contributed by atoms with E-state index in [1.165, 1.54) is 19.6 Å². The number of carbonyl (C=O) groups is 5. The number of nitrogens with zero attached hydrogens (tertiary/aromatic N) is 1. The minimum Gasteiger partial charge on any atom is -0.469 e. The minimum absolute atomic E-state index is 0.0273. The number of methoxy groups -OCH3 is 1. The van der Waals surface area contributed by atoms with E-state index in [4.69, 9.17) is 9.47 Å². The lowest BCUT2D eigenvalue weighted by Gasteiger charge is -2.31. The van der Waals surface area contributed by atoms with E-state index < -0.39 is 85.7 Å². The van der Waals surface area contributed by atoms with Gasteiger partial charge in [0.05, 0.1) is 37.9 Å². The summed E-state index contributed by atoms with van der Waals surface area (Å²) in [6, 6.07) is 14.7. The van der Waals surface area contributed by atoms with Gasteiger partial charge < -0.3 is 45.7 Å². The standard InChI is InChI=1S/C43H63N6O10P/c1-27(2)18-34(37(50)22-38(51)49-39(19-28(3)4)60(56,57)25-33(29(5)6)42(54)58-7)46-41(53)36(21-32-23-44-26-45-32)47-40(52)35(20-30-14-10-8-11-15-30)48-43(55)59-24-31-16-12-9-13-17-31/h8-17,23,26-29,33-37,39,50H,18-22,24-25H2,1-7H3,(H,44,45)(H,46,53)(H,47,52)(H,48,55)(H,49,51)(H,56,57)/t33?,34?,35-,36-,37?,39?/m0/s1. The van der Waals surface area contributed by atoms with Crippen molar-refractivity contribution >= 4 is 37.2 Å². The van der Waals surface area contributed by atoms with Gasteiger partial charge in [-0.1, -0.05) is 102 Å². The number of aromatic nitrogens is 2. The molecule has 4 amide bonds. The number of hydrogen-bond donors (Lipinski definition) is 7. The molecule has 0 saturated heterocycles. The Kier molecular flexibility index (Phi) is 19.9. The highest BCUT2D eigenvalue weighted by atomic mass is 31.2. The SMILES string of the molecule is COC(=O)C(CP(=O)(O)C(CC(C)C)NC(=O)CC(O)C(CC(C)C)NC(=O)[C@H](Cc1cnc[nH]1)NC(=O)[C@H](Cc1ccccc1)NC(=O)OCc1ccccc1)C(C)C. The van der Waals surface area contributed by atoms with Crippen LogP contribution in [-0.4, -0.2) is 93.0 Å². The van der Waals surface area contributed by atoms with Gasteiger partial charge >= 0.3 is 12.1 Å². The maximum atomic E-state index is 14.1. The Morgan fingerprint density at radius 1 is 0.783 bits per heavy atom. The summed E-state index contributed by atoms with van der Waals surface area (Å²) >= 11 is 0. The first-order valence-electron chi connectivity index (χ1n) is 20.3. The Morgan fingerprint density at radius 2 is 1.37 bits per heavy atom. The zero-order valence-corrected chi connectivity index (χ0v) is 36.5. The van der Waals surface area contributed by atoms with Gasteiger partial charge in [0.1, 0.15) is 24.5 Å². The molecular weight excluding hydrogens is 791 g/mol. The molecule has 7 N–H and O–H groups in total. The molecule has 1 heterocycles. The predicted octanol–water partition coefficient (Wildman–Crippen LogP) is 4.46. The first-order chi connectivity index (χ1) is 28.4. The second kappa shape index (κ2) is 24.3. The third-order valence-electron chi connectivity index (χ3n) is 9.90. The Hall–Kier alpha value is -5.05. The zero-order valence-electron chi connectivity index (χ0n) is 35.6. The fourth-order valence-electron chi connectivity index (χ4n) is 6.63. The number of aromatic amines is 1. The number of H-pyrrole nitrogens is 1. The van der Waals surface area contributed by atoms with E-state index in [1.807, 2.05) is 52.0 Å². The van der Waals surface area contributed by atoms with E-state index in [1.54, 1.807) is 50.2 Å². The summed E-state index contributed by atoms with van der Waals surface area (Å²) in [5, 5.41) is 22.3. The summed E-state index contributed by atoms with van der Waals surface area (Å²) in [6.45, 7) is 10.9. The number of aliphatic hydroxyl groups is 1. The number of imidazole rings is 1. The van der Waals surface area contributed by atoms with E-state index in [0.717, 1.165) is 11.1 Å². The summed E-state index contributed by atoms with van der Waals surface area (Å²) in [6.07, 6.45) is 0.134. The lowest BCUT2D eigenvalue weighted by molar-refractivity contribution is -0.146. The van der Waals surface area contributed by atoms with Crippen molar-refractivity contribution in [2.45, 2.75) is 110 Å². The minimum atomic E-state index is -4.18. The molecule has 1 aromatic heterocycles. The molecule has 0 fully saturated rings. The molecule has 60 heavy (non-hydrogen) atoms. The number of esters is 1. The smallest absolute Gasteiger partial charge is 0.408 e. The van der Waals surface area contributed by atoms with Crippen LogP contribution in [-0.2, 0) is 52.7 Å². The molecule has 7 atom stereocenters. The molecule has 16 nitrogen and oxygen atoms in total. The highest BCUT2D eigenvalue weighted by Crippen LogP contribution is 2.50. The van der Waals surface area contributed by atoms with Gasteiger partial charge in [0.15, 0.2) is 0 Å². The average Bonchev–Trinajstić information content (AvgIpc) is 3.71. The van der Waals surface area contributed by atoms with Gasteiger partial charge in [-0.05, 0) is 41.7 Å². The van der Waals surface area contributed by atoms with Gasteiger partial charge in [-0.25, -0.2) is 9.78 Å². The van der Waals surface area contributed by atoms with Crippen molar-refractivity contribution in [3.05, 3.63) is 90.0 Å². The van der Waals surface area contributed by atoms with Crippen LogP contribution in [0.4, 0.5) is 4.79 Å². The van der Waals surface area contributed by atoms with Crippen LogP contribution in [0.25, 0.3) is 0 Å². The third-order valence-corrected chi connectivity index (χ3v) is 12.1. The molecular formula is C43H63N6O10P. The highest BCUT2D eigenvalue weighted by Gasteiger charge is 2.40. The molecule has 330 valence electrons. The third kappa shape index (κ3) is 16.9. The zero-order chi connectivity index (χ0) is 44.4. The number of nitrogens with one attached hydrogen (secondary N) is 5. The van der Waals surface area contributed by atoms with E-state index in [2.05, 4.69) is 31.2 Å². The Morgan fingerprint density at radius 3 is 1.92 bits per heavy atom. The second-order valence-electron chi connectivity index (χ2n) is 16.3. The fraction of sp³-hybridized carbons (Fsp3) is 0.535. The van der Waals surface area contributed by atoms with E-state index in [9.17, 15) is 38.5 Å². The van der Waals surface area contributed by atoms with Crippen molar-refractivity contribution in [3.63, 3.8) is 0 Å². The molecule has 17 heteroatoms. The summed E-state index contributed by atoms with van der Waals surface area (Å²) < 4.78 is 24.0. The topological polar surface area (TPSA) is 238 Å². The maximum Gasteiger partial charge on any atom is 0.408 e. The second-order valence-corrected chi connectivity index (χ2v) is 18.8. The molecule has 0 saturated carbocycles. The number of amides is 4. The van der Waals surface area contributed by atoms with Gasteiger partial charge in [0.2, 0.25) is 25.1 Å². The first-order valence-corrected chi connectivity index (χ1v) is 22.3. The fourth-order valence-corrected chi connectivity index (χ4v) is 9.12. The molecule has 5 unspecified atom stereocenters. The number of alkyl carbamates (subject to hydrolysis) is 1. The lowest BCUT2D eigenvalue weighted by Crippen LogP contribution is -2.57. The van der Waals surface area contributed by atoms with Crippen molar-refractivity contribution in [3.8, 4) is 0 Å². The normalized spacial score (nSPS) is 15.5. The number of rotatable bonds is 24. The largest absolute Gasteiger partial charge is 0.469 e. The Labute approximate surface area is 352 Å². The molecule has 0 bridgehead atoms. The molecule has 0 spiro atoms. The number of ether oxygens (including phenoxy) is 2. The lowest BCUT2D eigenvalue weighted by atomic mass is 9.96. The average molecular weight is 855 g/mol. The highest BCUT2D eigenvalue weighted by molar-refractivity contribution is 7.58. The van der Waals surface area contributed by atoms with Crippen molar-refractivity contribution in [1.29, 1.82) is 0 Å². The number of aliphatic hydroxyl groups excluding tert-OH is 1. The van der Waals surface area contributed by atoms with Crippen molar-refractivity contribution in [2.75, 3.05) is 13.3 Å². The molecule has 0 aliphatic carbocycles. The summed E-state index contributed by atoms with van der Waals surface area (Å²) in [5.74, 6) is -5.24. The quantitative estimate of drug-likeness (QED) is 0.0491. The van der Waals surface area contributed by atoms with Crippen LogP contribution in [0, 0.1) is 23.7 Å². The van der Waals surface area contributed by atoms with Gasteiger partial charge in [-0.3, -0.25) is 23.7 Å². The van der Waals surface area contributed by atoms with Crippen LogP contribution in [0.5, 0.6) is 0 Å². The molecule has 3 aromatic rings. The maximum absolute atomic E-state index is 14.1. The van der Waals surface area contributed by atoms with Crippen LogP contribution in [0.15, 0.2) is 73.2 Å². The summed E-state index contributed by atoms with van der Waals surface area (Å²) in [7, 11) is -2.97.